The van der Waals surface area contributed by atoms with Gasteiger partial charge in [-0.05, 0) is 24.3 Å². The highest BCUT2D eigenvalue weighted by molar-refractivity contribution is 6.15. The molecule has 0 bridgehead atoms. The van der Waals surface area contributed by atoms with Gasteiger partial charge < -0.3 is 10.1 Å². The second-order valence-corrected chi connectivity index (χ2v) is 3.72. The molecule has 0 amide bonds. The minimum Gasteiger partial charge on any atom is -0.496 e. The van der Waals surface area contributed by atoms with E-state index in [1.807, 2.05) is 36.4 Å². The van der Waals surface area contributed by atoms with Crippen molar-refractivity contribution in [2.24, 2.45) is 0 Å². The molecule has 0 aliphatic heterocycles. The number of aromatic nitrogens is 1. The van der Waals surface area contributed by atoms with Crippen molar-refractivity contribution in [3.63, 3.8) is 0 Å². The summed E-state index contributed by atoms with van der Waals surface area (Å²) in [6.45, 7) is 0. The predicted octanol–water partition coefficient (Wildman–Crippen LogP) is 2.55. The zero-order chi connectivity index (χ0) is 13.0. The third kappa shape index (κ3) is 2.18. The molecule has 0 spiro atoms. The Balaban J connectivity index is 2.48. The van der Waals surface area contributed by atoms with Gasteiger partial charge in [-0.1, -0.05) is 12.1 Å². The molecule has 1 aromatic heterocycles. The molecule has 4 nitrogen and oxygen atoms in total. The summed E-state index contributed by atoms with van der Waals surface area (Å²) in [7, 11) is 3.40. The zero-order valence-corrected chi connectivity index (χ0v) is 10.4. The molecule has 0 atom stereocenters. The van der Waals surface area contributed by atoms with E-state index in [0.717, 1.165) is 11.1 Å². The molecule has 0 aliphatic rings. The number of hydrogen-bond donors (Lipinski definition) is 2. The first-order valence-corrected chi connectivity index (χ1v) is 5.63. The molecule has 92 valence electrons. The van der Waals surface area contributed by atoms with Crippen molar-refractivity contribution in [2.45, 2.75) is 0 Å². The van der Waals surface area contributed by atoms with Crippen molar-refractivity contribution >= 4 is 11.5 Å². The van der Waals surface area contributed by atoms with Gasteiger partial charge >= 0.3 is 0 Å². The number of para-hydroxylation sites is 1. The van der Waals surface area contributed by atoms with E-state index < -0.39 is 0 Å². The highest BCUT2D eigenvalue weighted by Gasteiger charge is 2.13. The monoisotopic (exact) mass is 241 g/mol. The molecule has 1 heterocycles. The Hall–Kier alpha value is -2.36. The third-order valence-electron chi connectivity index (χ3n) is 2.69. The smallest absolute Gasteiger partial charge is 0.135 e. The van der Waals surface area contributed by atoms with Gasteiger partial charge in [-0.2, -0.15) is 0 Å². The van der Waals surface area contributed by atoms with Gasteiger partial charge in [-0.15, -0.1) is 0 Å². The summed E-state index contributed by atoms with van der Waals surface area (Å²) in [5.41, 5.74) is 1.90. The number of rotatable bonds is 4. The van der Waals surface area contributed by atoms with Crippen LogP contribution in [0.5, 0.6) is 5.75 Å². The van der Waals surface area contributed by atoms with E-state index in [2.05, 4.69) is 10.3 Å². The van der Waals surface area contributed by atoms with E-state index in [0.29, 0.717) is 17.3 Å². The normalized spacial score (nSPS) is 9.89. The van der Waals surface area contributed by atoms with Gasteiger partial charge in [0.2, 0.25) is 0 Å². The summed E-state index contributed by atoms with van der Waals surface area (Å²) in [6.07, 6.45) is 1.70. The topological polar surface area (TPSA) is 58.0 Å². The summed E-state index contributed by atoms with van der Waals surface area (Å²) in [4.78, 5) is 4.21. The minimum atomic E-state index is 0.393. The lowest BCUT2D eigenvalue weighted by Gasteiger charge is -2.12. The fraction of sp³-hybridized carbons (Fsp3) is 0.143. The lowest BCUT2D eigenvalue weighted by molar-refractivity contribution is 0.414. The second kappa shape index (κ2) is 5.31. The highest BCUT2D eigenvalue weighted by Crippen LogP contribution is 2.23. The molecule has 2 N–H and O–H groups in total. The molecule has 18 heavy (non-hydrogen) atoms. The highest BCUT2D eigenvalue weighted by atomic mass is 16.5. The summed E-state index contributed by atoms with van der Waals surface area (Å²) < 4.78 is 5.28. The van der Waals surface area contributed by atoms with Crippen LogP contribution in [0.4, 0.5) is 5.82 Å². The van der Waals surface area contributed by atoms with Crippen LogP contribution in [0, 0.1) is 5.41 Å². The molecule has 2 aromatic rings. The molecule has 4 heteroatoms. The van der Waals surface area contributed by atoms with Gasteiger partial charge in [0.1, 0.15) is 11.6 Å². The standard InChI is InChI=1S/C14H15N3O/c1-16-14-11(7-5-9-17-14)13(15)10-6-3-4-8-12(10)18-2/h3-9,15H,1-2H3,(H,16,17). The lowest BCUT2D eigenvalue weighted by Crippen LogP contribution is -2.08. The van der Waals surface area contributed by atoms with Crippen LogP contribution in [0.3, 0.4) is 0 Å². The summed E-state index contributed by atoms with van der Waals surface area (Å²) in [6, 6.07) is 11.2. The van der Waals surface area contributed by atoms with Crippen molar-refractivity contribution in [1.29, 1.82) is 5.41 Å². The van der Waals surface area contributed by atoms with Crippen LogP contribution in [-0.4, -0.2) is 24.9 Å². The predicted molar refractivity (Wildman–Crippen MR) is 72.7 cm³/mol. The maximum absolute atomic E-state index is 8.30. The van der Waals surface area contributed by atoms with Gasteiger partial charge in [0.05, 0.1) is 12.8 Å². The van der Waals surface area contributed by atoms with Crippen LogP contribution in [0.2, 0.25) is 0 Å². The first kappa shape index (κ1) is 12.1. The summed E-state index contributed by atoms with van der Waals surface area (Å²) in [5.74, 6) is 1.38. The Labute approximate surface area is 106 Å². The lowest BCUT2D eigenvalue weighted by atomic mass is 10.0. The molecule has 1 aromatic carbocycles. The number of benzene rings is 1. The van der Waals surface area contributed by atoms with E-state index in [1.165, 1.54) is 0 Å². The van der Waals surface area contributed by atoms with Gasteiger partial charge in [0, 0.05) is 24.4 Å². The molecule has 0 saturated heterocycles. The number of nitrogens with one attached hydrogen (secondary N) is 2. The van der Waals surface area contributed by atoms with Gasteiger partial charge in [-0.25, -0.2) is 4.98 Å². The Morgan fingerprint density at radius 2 is 1.89 bits per heavy atom. The number of ether oxygens (including phenoxy) is 1. The molecule has 0 radical (unpaired) electrons. The van der Waals surface area contributed by atoms with Crippen molar-refractivity contribution in [3.8, 4) is 5.75 Å². The van der Waals surface area contributed by atoms with Gasteiger partial charge in [-0.3, -0.25) is 5.41 Å². The molecule has 0 aliphatic carbocycles. The zero-order valence-electron chi connectivity index (χ0n) is 10.4. The van der Waals surface area contributed by atoms with E-state index in [1.54, 1.807) is 20.4 Å². The Morgan fingerprint density at radius 1 is 1.17 bits per heavy atom. The molecular formula is C14H15N3O. The van der Waals surface area contributed by atoms with E-state index in [9.17, 15) is 0 Å². The molecule has 0 unspecified atom stereocenters. The van der Waals surface area contributed by atoms with Crippen molar-refractivity contribution in [1.82, 2.24) is 4.98 Å². The third-order valence-corrected chi connectivity index (χ3v) is 2.69. The molecule has 2 rings (SSSR count). The number of methoxy groups -OCH3 is 1. The fourth-order valence-corrected chi connectivity index (χ4v) is 1.80. The fourth-order valence-electron chi connectivity index (χ4n) is 1.80. The minimum absolute atomic E-state index is 0.393. The Morgan fingerprint density at radius 3 is 2.61 bits per heavy atom. The van der Waals surface area contributed by atoms with Crippen LogP contribution < -0.4 is 10.1 Å². The van der Waals surface area contributed by atoms with E-state index in [-0.39, 0.29) is 0 Å². The summed E-state index contributed by atoms with van der Waals surface area (Å²) >= 11 is 0. The van der Waals surface area contributed by atoms with E-state index >= 15 is 0 Å². The SMILES string of the molecule is CNc1ncccc1C(=N)c1ccccc1OC. The average Bonchev–Trinajstić information content (AvgIpc) is 2.46. The van der Waals surface area contributed by atoms with E-state index in [4.69, 9.17) is 10.1 Å². The average molecular weight is 241 g/mol. The maximum Gasteiger partial charge on any atom is 0.135 e. The van der Waals surface area contributed by atoms with Gasteiger partial charge in [0.25, 0.3) is 0 Å². The number of nitrogens with zero attached hydrogens (tertiary/aromatic N) is 1. The van der Waals surface area contributed by atoms with Crippen molar-refractivity contribution < 1.29 is 4.74 Å². The van der Waals surface area contributed by atoms with Crippen LogP contribution in [0.25, 0.3) is 0 Å². The quantitative estimate of drug-likeness (QED) is 0.809. The first-order chi connectivity index (χ1) is 8.77. The second-order valence-electron chi connectivity index (χ2n) is 3.72. The van der Waals surface area contributed by atoms with Crippen LogP contribution in [-0.2, 0) is 0 Å². The maximum atomic E-state index is 8.30. The summed E-state index contributed by atoms with van der Waals surface area (Å²) in [5, 5.41) is 11.3. The largest absolute Gasteiger partial charge is 0.496 e. The number of anilines is 1. The molecule has 0 fully saturated rings. The van der Waals surface area contributed by atoms with Crippen LogP contribution >= 0.6 is 0 Å². The van der Waals surface area contributed by atoms with Crippen molar-refractivity contribution in [3.05, 3.63) is 53.7 Å². The Bertz CT molecular complexity index is 517. The van der Waals surface area contributed by atoms with Crippen molar-refractivity contribution in [2.75, 3.05) is 19.5 Å². The Kier molecular flexibility index (Phi) is 3.57. The molecule has 0 saturated carbocycles. The van der Waals surface area contributed by atoms with Crippen LogP contribution in [0.1, 0.15) is 11.1 Å². The van der Waals surface area contributed by atoms with Gasteiger partial charge in [0.15, 0.2) is 0 Å². The first-order valence-electron chi connectivity index (χ1n) is 5.63. The molecular weight excluding hydrogens is 226 g/mol. The number of hydrogen-bond acceptors (Lipinski definition) is 4. The number of pyridine rings is 1. The van der Waals surface area contributed by atoms with Crippen LogP contribution in [0.15, 0.2) is 42.6 Å².